The van der Waals surface area contributed by atoms with E-state index >= 15 is 0 Å². The standard InChI is InChI=1S/C20H18O/c1-13(14-5-3-2-4-6-14)16-10-11-17-15-7-9-18(20(16)17)19(21)12-8-15/h2-12,15,17-18,20H,1H3/b16-13+/t15-,17-,18+,20-/m1/s1. The third kappa shape index (κ3) is 1.88. The van der Waals surface area contributed by atoms with E-state index in [1.165, 1.54) is 16.7 Å². The summed E-state index contributed by atoms with van der Waals surface area (Å²) in [5, 5.41) is 0. The minimum atomic E-state index is 0.00802. The summed E-state index contributed by atoms with van der Waals surface area (Å²) in [6, 6.07) is 10.5. The average molecular weight is 274 g/mol. The van der Waals surface area contributed by atoms with E-state index in [4.69, 9.17) is 0 Å². The molecule has 0 heterocycles. The molecule has 104 valence electrons. The van der Waals surface area contributed by atoms with Crippen molar-refractivity contribution in [3.8, 4) is 0 Å². The van der Waals surface area contributed by atoms with Crippen LogP contribution in [0.5, 0.6) is 0 Å². The van der Waals surface area contributed by atoms with E-state index in [0.29, 0.717) is 17.8 Å². The van der Waals surface area contributed by atoms with Crippen LogP contribution in [0.2, 0.25) is 0 Å². The molecule has 4 aliphatic rings. The Morgan fingerprint density at radius 3 is 2.57 bits per heavy atom. The smallest absolute Gasteiger partial charge is 0.162 e. The fourth-order valence-electron chi connectivity index (χ4n) is 3.96. The molecule has 0 aromatic heterocycles. The number of hydrogen-bond donors (Lipinski definition) is 0. The van der Waals surface area contributed by atoms with E-state index in [-0.39, 0.29) is 11.7 Å². The highest BCUT2D eigenvalue weighted by atomic mass is 16.1. The van der Waals surface area contributed by atoms with Gasteiger partial charge in [-0.3, -0.25) is 4.79 Å². The Labute approximate surface area is 125 Å². The van der Waals surface area contributed by atoms with Gasteiger partial charge >= 0.3 is 0 Å². The van der Waals surface area contributed by atoms with Crippen LogP contribution in [0, 0.1) is 23.7 Å². The molecule has 4 atom stereocenters. The Morgan fingerprint density at radius 1 is 0.952 bits per heavy atom. The number of benzene rings is 1. The first-order chi connectivity index (χ1) is 10.3. The highest BCUT2D eigenvalue weighted by Crippen LogP contribution is 2.48. The molecule has 21 heavy (non-hydrogen) atoms. The van der Waals surface area contributed by atoms with Gasteiger partial charge in [0.15, 0.2) is 5.78 Å². The van der Waals surface area contributed by atoms with Crippen molar-refractivity contribution in [1.29, 1.82) is 0 Å². The van der Waals surface area contributed by atoms with Crippen LogP contribution in [0.25, 0.3) is 5.57 Å². The minimum absolute atomic E-state index is 0.00802. The molecule has 0 N–H and O–H groups in total. The van der Waals surface area contributed by atoms with Crippen LogP contribution < -0.4 is 0 Å². The number of carbonyl (C=O) groups excluding carboxylic acids is 1. The number of carbonyl (C=O) groups is 1. The third-order valence-corrected chi connectivity index (χ3v) is 5.09. The lowest BCUT2D eigenvalue weighted by Crippen LogP contribution is -2.29. The van der Waals surface area contributed by atoms with Crippen LogP contribution in [0.15, 0.2) is 72.4 Å². The Bertz CT molecular complexity index is 703. The number of hydrogen-bond acceptors (Lipinski definition) is 1. The molecule has 0 fully saturated rings. The zero-order valence-electron chi connectivity index (χ0n) is 12.1. The van der Waals surface area contributed by atoms with Crippen LogP contribution in [-0.2, 0) is 4.79 Å². The summed E-state index contributed by atoms with van der Waals surface area (Å²) in [4.78, 5) is 12.3. The second-order valence-corrected chi connectivity index (χ2v) is 6.16. The van der Waals surface area contributed by atoms with Gasteiger partial charge in [0.1, 0.15) is 0 Å². The van der Waals surface area contributed by atoms with Crippen molar-refractivity contribution in [1.82, 2.24) is 0 Å². The predicted molar refractivity (Wildman–Crippen MR) is 85.4 cm³/mol. The number of rotatable bonds is 1. The number of fused-ring (bicyclic) bond motifs is 1. The molecule has 0 spiro atoms. The molecule has 1 heteroatoms. The second-order valence-electron chi connectivity index (χ2n) is 6.16. The first-order valence-electron chi connectivity index (χ1n) is 7.60. The van der Waals surface area contributed by atoms with E-state index in [1.807, 2.05) is 6.07 Å². The predicted octanol–water partition coefficient (Wildman–Crippen LogP) is 4.20. The van der Waals surface area contributed by atoms with Crippen molar-refractivity contribution in [2.75, 3.05) is 0 Å². The monoisotopic (exact) mass is 274 g/mol. The van der Waals surface area contributed by atoms with Crippen molar-refractivity contribution in [2.45, 2.75) is 6.92 Å². The lowest BCUT2D eigenvalue weighted by atomic mass is 9.70. The van der Waals surface area contributed by atoms with Gasteiger partial charge < -0.3 is 0 Å². The summed E-state index contributed by atoms with van der Waals surface area (Å²) < 4.78 is 0. The molecule has 5 rings (SSSR count). The van der Waals surface area contributed by atoms with Crippen LogP contribution in [0.3, 0.4) is 0 Å². The van der Waals surface area contributed by atoms with Gasteiger partial charge in [-0.05, 0) is 35.6 Å². The summed E-state index contributed by atoms with van der Waals surface area (Å²) in [6.45, 7) is 2.18. The van der Waals surface area contributed by atoms with E-state index in [9.17, 15) is 4.79 Å². The Morgan fingerprint density at radius 2 is 1.76 bits per heavy atom. The maximum Gasteiger partial charge on any atom is 0.162 e. The van der Waals surface area contributed by atoms with E-state index < -0.39 is 0 Å². The van der Waals surface area contributed by atoms with Gasteiger partial charge in [-0.2, -0.15) is 0 Å². The normalized spacial score (nSPS) is 35.0. The second kappa shape index (κ2) is 4.70. The summed E-state index contributed by atoms with van der Waals surface area (Å²) in [5.41, 5.74) is 3.89. The molecule has 1 aromatic carbocycles. The van der Waals surface area contributed by atoms with Gasteiger partial charge in [0.25, 0.3) is 0 Å². The molecule has 1 nitrogen and oxygen atoms in total. The first-order valence-corrected chi connectivity index (χ1v) is 7.60. The fraction of sp³-hybridized carbons (Fsp3) is 0.250. The fourth-order valence-corrected chi connectivity index (χ4v) is 3.96. The SMILES string of the molecule is C/C(=C1/C=C[C@@H]2[C@H]3C=CC(=O)[C@H](C=C3)[C@H]12)c1ccccc1. The Kier molecular flexibility index (Phi) is 2.81. The molecular weight excluding hydrogens is 256 g/mol. The topological polar surface area (TPSA) is 17.1 Å². The van der Waals surface area contributed by atoms with Gasteiger partial charge in [0, 0.05) is 17.8 Å². The van der Waals surface area contributed by atoms with Crippen LogP contribution in [-0.4, -0.2) is 5.78 Å². The van der Waals surface area contributed by atoms with Gasteiger partial charge in [0.2, 0.25) is 0 Å². The third-order valence-electron chi connectivity index (χ3n) is 5.09. The van der Waals surface area contributed by atoms with Crippen LogP contribution >= 0.6 is 0 Å². The van der Waals surface area contributed by atoms with Crippen molar-refractivity contribution < 1.29 is 4.79 Å². The highest BCUT2D eigenvalue weighted by Gasteiger charge is 2.43. The summed E-state index contributed by atoms with van der Waals surface area (Å²) in [7, 11) is 0. The van der Waals surface area contributed by atoms with E-state index in [1.54, 1.807) is 6.08 Å². The van der Waals surface area contributed by atoms with E-state index in [2.05, 4.69) is 61.6 Å². The lowest BCUT2D eigenvalue weighted by molar-refractivity contribution is -0.118. The largest absolute Gasteiger partial charge is 0.294 e. The van der Waals surface area contributed by atoms with Crippen molar-refractivity contribution in [2.24, 2.45) is 23.7 Å². The maximum atomic E-state index is 12.3. The molecule has 0 radical (unpaired) electrons. The zero-order valence-corrected chi connectivity index (χ0v) is 12.1. The molecule has 0 saturated heterocycles. The Hall–Kier alpha value is -2.15. The highest BCUT2D eigenvalue weighted by molar-refractivity contribution is 5.95. The molecule has 0 aliphatic heterocycles. The molecule has 0 amide bonds. The molecule has 4 aliphatic carbocycles. The van der Waals surface area contributed by atoms with Crippen molar-refractivity contribution in [3.05, 3.63) is 77.9 Å². The van der Waals surface area contributed by atoms with Gasteiger partial charge in [-0.15, -0.1) is 0 Å². The van der Waals surface area contributed by atoms with Crippen molar-refractivity contribution >= 4 is 11.4 Å². The summed E-state index contributed by atoms with van der Waals surface area (Å²) in [5.74, 6) is 1.38. The number of ketones is 1. The average Bonchev–Trinajstić information content (AvgIpc) is 2.84. The summed E-state index contributed by atoms with van der Waals surface area (Å²) >= 11 is 0. The van der Waals surface area contributed by atoms with Crippen molar-refractivity contribution in [3.63, 3.8) is 0 Å². The zero-order chi connectivity index (χ0) is 14.4. The molecule has 0 saturated carbocycles. The summed E-state index contributed by atoms with van der Waals surface area (Å²) in [6.07, 6.45) is 12.7. The molecule has 2 bridgehead atoms. The van der Waals surface area contributed by atoms with Gasteiger partial charge in [-0.25, -0.2) is 0 Å². The lowest BCUT2D eigenvalue weighted by Gasteiger charge is -2.32. The molecular formula is C20H18O. The Balaban J connectivity index is 1.82. The minimum Gasteiger partial charge on any atom is -0.294 e. The van der Waals surface area contributed by atoms with E-state index in [0.717, 1.165) is 0 Å². The quantitative estimate of drug-likeness (QED) is 0.701. The number of allylic oxidation sites excluding steroid dienone is 8. The first kappa shape index (κ1) is 12.6. The molecule has 1 aromatic rings. The van der Waals surface area contributed by atoms with Gasteiger partial charge in [-0.1, -0.05) is 60.7 Å². The van der Waals surface area contributed by atoms with Gasteiger partial charge in [0.05, 0.1) is 0 Å². The maximum absolute atomic E-state index is 12.3. The van der Waals surface area contributed by atoms with Crippen LogP contribution in [0.1, 0.15) is 12.5 Å². The molecule has 0 unspecified atom stereocenters. The van der Waals surface area contributed by atoms with Crippen LogP contribution in [0.4, 0.5) is 0 Å².